The van der Waals surface area contributed by atoms with Crippen LogP contribution in [0, 0.1) is 0 Å². The number of hydrogen-bond acceptors (Lipinski definition) is 6. The molecule has 0 unspecified atom stereocenters. The van der Waals surface area contributed by atoms with Crippen LogP contribution in [0.25, 0.3) is 0 Å². The number of allylic oxidation sites excluding steroid dienone is 3. The van der Waals surface area contributed by atoms with Crippen LogP contribution < -0.4 is 20.1 Å². The predicted molar refractivity (Wildman–Crippen MR) is 118 cm³/mol. The summed E-state index contributed by atoms with van der Waals surface area (Å²) < 4.78 is 11.8. The average molecular weight is 482 g/mol. The Bertz CT molecular complexity index is 1150. The third-order valence-corrected chi connectivity index (χ3v) is 6.19. The summed E-state index contributed by atoms with van der Waals surface area (Å²) in [4.78, 5) is 30.6. The largest absolute Gasteiger partial charge is 0.454 e. The van der Waals surface area contributed by atoms with Gasteiger partial charge >= 0.3 is 0 Å². The summed E-state index contributed by atoms with van der Waals surface area (Å²) >= 11 is 3.35. The molecule has 7 nitrogen and oxygen atoms in total. The molecule has 2 N–H and O–H groups in total. The lowest BCUT2D eigenvalue weighted by atomic mass is 9.75. The second-order valence-electron chi connectivity index (χ2n) is 7.69. The van der Waals surface area contributed by atoms with E-state index in [9.17, 15) is 9.59 Å². The highest BCUT2D eigenvalue weighted by Crippen LogP contribution is 2.45. The maximum absolute atomic E-state index is 13.4. The van der Waals surface area contributed by atoms with E-state index < -0.39 is 5.92 Å². The first-order chi connectivity index (χ1) is 15.0. The number of fused-ring (bicyclic) bond motifs is 1. The molecule has 0 radical (unpaired) electrons. The van der Waals surface area contributed by atoms with Crippen LogP contribution in [-0.4, -0.2) is 23.5 Å². The van der Waals surface area contributed by atoms with Crippen LogP contribution in [0.3, 0.4) is 0 Å². The van der Waals surface area contributed by atoms with E-state index in [1.165, 1.54) is 0 Å². The Morgan fingerprint density at radius 1 is 1.19 bits per heavy atom. The molecule has 0 saturated carbocycles. The van der Waals surface area contributed by atoms with Crippen LogP contribution in [0.1, 0.15) is 37.7 Å². The van der Waals surface area contributed by atoms with Gasteiger partial charge in [0.15, 0.2) is 17.3 Å². The normalized spacial score (nSPS) is 19.8. The average Bonchev–Trinajstić information content (AvgIpc) is 3.22. The third kappa shape index (κ3) is 3.61. The Kier molecular flexibility index (Phi) is 5.02. The summed E-state index contributed by atoms with van der Waals surface area (Å²) in [6.07, 6.45) is 3.68. The van der Waals surface area contributed by atoms with Crippen molar-refractivity contribution in [3.63, 3.8) is 0 Å². The maximum Gasteiger partial charge on any atom is 0.255 e. The van der Waals surface area contributed by atoms with Crippen LogP contribution in [0.5, 0.6) is 11.5 Å². The number of carbonyl (C=O) groups is 2. The molecule has 1 aromatic heterocycles. The van der Waals surface area contributed by atoms with Gasteiger partial charge in [0, 0.05) is 45.5 Å². The lowest BCUT2D eigenvalue weighted by Gasteiger charge is -2.34. The smallest absolute Gasteiger partial charge is 0.255 e. The third-order valence-electron chi connectivity index (χ3n) is 5.72. The minimum absolute atomic E-state index is 0.0657. The van der Waals surface area contributed by atoms with E-state index in [1.807, 2.05) is 31.2 Å². The number of hydrogen-bond donors (Lipinski definition) is 2. The van der Waals surface area contributed by atoms with E-state index in [-0.39, 0.29) is 18.5 Å². The van der Waals surface area contributed by atoms with Crippen LogP contribution in [-0.2, 0) is 9.59 Å². The second-order valence-corrected chi connectivity index (χ2v) is 8.61. The second kappa shape index (κ2) is 7.85. The fraction of sp³-hybridized carbons (Fsp3) is 0.261. The number of ketones is 1. The highest BCUT2D eigenvalue weighted by molar-refractivity contribution is 9.10. The zero-order valence-corrected chi connectivity index (χ0v) is 18.4. The van der Waals surface area contributed by atoms with Crippen molar-refractivity contribution in [1.29, 1.82) is 0 Å². The van der Waals surface area contributed by atoms with E-state index in [4.69, 9.17) is 9.47 Å². The standard InChI is InChI=1S/C23H20BrN3O4/c1-12-20(23(29)27-19-8-6-14(24)10-25-19)21(22-15(26-12)3-2-4-16(22)28)13-5-7-17-18(9-13)31-11-30-17/h5-10,21,26H,2-4,11H2,1H3,(H,25,27,29)/t21-/m0/s1. The lowest BCUT2D eigenvalue weighted by molar-refractivity contribution is -0.116. The van der Waals surface area contributed by atoms with Crippen molar-refractivity contribution in [2.75, 3.05) is 12.1 Å². The van der Waals surface area contributed by atoms with Crippen LogP contribution in [0.15, 0.2) is 63.5 Å². The maximum atomic E-state index is 13.4. The number of aromatic nitrogens is 1. The number of rotatable bonds is 3. The van der Waals surface area contributed by atoms with E-state index >= 15 is 0 Å². The SMILES string of the molecule is CC1=C(C(=O)Nc2ccc(Br)cn2)[C@H](c2ccc3c(c2)OCO3)C2=C(CCCC2=O)N1. The molecule has 8 heteroatoms. The number of carbonyl (C=O) groups excluding carboxylic acids is 2. The van der Waals surface area contributed by atoms with E-state index in [0.29, 0.717) is 34.9 Å². The number of pyridine rings is 1. The number of dihydropyridines is 1. The molecule has 3 aliphatic rings. The van der Waals surface area contributed by atoms with Gasteiger partial charge in [-0.15, -0.1) is 0 Å². The van der Waals surface area contributed by atoms with Gasteiger partial charge in [-0.2, -0.15) is 0 Å². The molecule has 1 aromatic carbocycles. The van der Waals surface area contributed by atoms with E-state index in [2.05, 4.69) is 31.5 Å². The Balaban J connectivity index is 1.58. The molecular formula is C23H20BrN3O4. The fourth-order valence-corrected chi connectivity index (χ4v) is 4.58. The molecule has 3 heterocycles. The molecule has 5 rings (SSSR count). The first-order valence-electron chi connectivity index (χ1n) is 10.1. The number of nitrogens with one attached hydrogen (secondary N) is 2. The molecule has 158 valence electrons. The Morgan fingerprint density at radius 3 is 2.84 bits per heavy atom. The molecule has 0 bridgehead atoms. The highest BCUT2D eigenvalue weighted by Gasteiger charge is 2.39. The summed E-state index contributed by atoms with van der Waals surface area (Å²) in [5.74, 6) is 0.992. The molecular weight excluding hydrogens is 462 g/mol. The number of amides is 1. The number of ether oxygens (including phenoxy) is 2. The minimum atomic E-state index is -0.492. The summed E-state index contributed by atoms with van der Waals surface area (Å²) in [5.41, 5.74) is 3.60. The van der Waals surface area contributed by atoms with Crippen molar-refractivity contribution in [3.8, 4) is 11.5 Å². The quantitative estimate of drug-likeness (QED) is 0.683. The monoisotopic (exact) mass is 481 g/mol. The summed E-state index contributed by atoms with van der Waals surface area (Å²) in [7, 11) is 0. The van der Waals surface area contributed by atoms with Crippen molar-refractivity contribution in [2.24, 2.45) is 0 Å². The van der Waals surface area contributed by atoms with Gasteiger partial charge in [0.1, 0.15) is 5.82 Å². The van der Waals surface area contributed by atoms with Gasteiger partial charge in [-0.25, -0.2) is 4.98 Å². The van der Waals surface area contributed by atoms with Crippen LogP contribution >= 0.6 is 15.9 Å². The number of benzene rings is 1. The lowest BCUT2D eigenvalue weighted by Crippen LogP contribution is -2.35. The van der Waals surface area contributed by atoms with Gasteiger partial charge in [-0.05, 0) is 65.5 Å². The van der Waals surface area contributed by atoms with E-state index in [0.717, 1.165) is 34.3 Å². The zero-order chi connectivity index (χ0) is 21.5. The Labute approximate surface area is 187 Å². The summed E-state index contributed by atoms with van der Waals surface area (Å²) in [6, 6.07) is 9.12. The van der Waals surface area contributed by atoms with Gasteiger partial charge in [0.05, 0.1) is 0 Å². The number of Topliss-reactive ketones (excluding diaryl/α,β-unsaturated/α-hetero) is 1. The summed E-state index contributed by atoms with van der Waals surface area (Å²) in [5, 5.41) is 6.19. The van der Waals surface area contributed by atoms with Crippen molar-refractivity contribution >= 4 is 33.4 Å². The van der Waals surface area contributed by atoms with E-state index in [1.54, 1.807) is 12.3 Å². The predicted octanol–water partition coefficient (Wildman–Crippen LogP) is 4.18. The number of halogens is 1. The molecule has 1 aliphatic carbocycles. The molecule has 0 spiro atoms. The number of anilines is 1. The van der Waals surface area contributed by atoms with Crippen molar-refractivity contribution in [2.45, 2.75) is 32.1 Å². The topological polar surface area (TPSA) is 89.6 Å². The first-order valence-corrected chi connectivity index (χ1v) is 10.9. The molecule has 2 aliphatic heterocycles. The first kappa shape index (κ1) is 19.8. The minimum Gasteiger partial charge on any atom is -0.454 e. The van der Waals surface area contributed by atoms with Crippen molar-refractivity contribution < 1.29 is 19.1 Å². The molecule has 0 saturated heterocycles. The zero-order valence-electron chi connectivity index (χ0n) is 16.8. The van der Waals surface area contributed by atoms with Crippen LogP contribution in [0.2, 0.25) is 0 Å². The van der Waals surface area contributed by atoms with Crippen molar-refractivity contribution in [1.82, 2.24) is 10.3 Å². The van der Waals surface area contributed by atoms with Gasteiger partial charge in [-0.3, -0.25) is 9.59 Å². The molecule has 1 atom stereocenters. The van der Waals surface area contributed by atoms with Crippen LogP contribution in [0.4, 0.5) is 5.82 Å². The van der Waals surface area contributed by atoms with Gasteiger partial charge < -0.3 is 20.1 Å². The molecule has 2 aromatic rings. The van der Waals surface area contributed by atoms with Gasteiger partial charge in [-0.1, -0.05) is 6.07 Å². The fourth-order valence-electron chi connectivity index (χ4n) is 4.34. The van der Waals surface area contributed by atoms with Gasteiger partial charge in [0.25, 0.3) is 5.91 Å². The molecule has 31 heavy (non-hydrogen) atoms. The highest BCUT2D eigenvalue weighted by atomic mass is 79.9. The number of nitrogens with zero attached hydrogens (tertiary/aromatic N) is 1. The molecule has 1 amide bonds. The Hall–Kier alpha value is -3.13. The van der Waals surface area contributed by atoms with Gasteiger partial charge in [0.2, 0.25) is 6.79 Å². The Morgan fingerprint density at radius 2 is 2.03 bits per heavy atom. The summed E-state index contributed by atoms with van der Waals surface area (Å²) in [6.45, 7) is 2.03. The molecule has 0 fully saturated rings. The van der Waals surface area contributed by atoms with Crippen molar-refractivity contribution in [3.05, 3.63) is 69.1 Å².